The standard InChI is InChI=1S/C16H30O6/c1-6-11(18)15(2,3)8-21-9-16(4,5)14-13(20)10(17)7-12(19)22-14/h10,12-14,17,19-20H,6-9H2,1-5H3. The fourth-order valence-electron chi connectivity index (χ4n) is 2.71. The van der Waals surface area contributed by atoms with Gasteiger partial charge in [-0.05, 0) is 0 Å². The summed E-state index contributed by atoms with van der Waals surface area (Å²) in [6.07, 6.45) is -3.48. The van der Waals surface area contributed by atoms with Crippen LogP contribution in [0.25, 0.3) is 0 Å². The number of aliphatic hydroxyl groups excluding tert-OH is 3. The highest BCUT2D eigenvalue weighted by Gasteiger charge is 2.45. The van der Waals surface area contributed by atoms with Gasteiger partial charge in [-0.1, -0.05) is 34.6 Å². The maximum absolute atomic E-state index is 11.8. The van der Waals surface area contributed by atoms with Crippen molar-refractivity contribution in [2.24, 2.45) is 10.8 Å². The maximum Gasteiger partial charge on any atom is 0.157 e. The minimum atomic E-state index is -1.10. The first kappa shape index (κ1) is 19.5. The molecule has 0 aromatic heterocycles. The lowest BCUT2D eigenvalue weighted by Gasteiger charge is -2.43. The molecule has 1 heterocycles. The first-order chi connectivity index (χ1) is 10.0. The smallest absolute Gasteiger partial charge is 0.157 e. The first-order valence-corrected chi connectivity index (χ1v) is 7.82. The molecule has 1 saturated heterocycles. The van der Waals surface area contributed by atoms with Crippen molar-refractivity contribution in [1.29, 1.82) is 0 Å². The highest BCUT2D eigenvalue weighted by molar-refractivity contribution is 5.83. The van der Waals surface area contributed by atoms with Gasteiger partial charge in [0.25, 0.3) is 0 Å². The van der Waals surface area contributed by atoms with E-state index < -0.39 is 35.4 Å². The molecule has 0 bridgehead atoms. The summed E-state index contributed by atoms with van der Waals surface area (Å²) in [5.41, 5.74) is -1.18. The molecule has 0 amide bonds. The first-order valence-electron chi connectivity index (χ1n) is 7.82. The number of ketones is 1. The van der Waals surface area contributed by atoms with Crippen LogP contribution in [0.3, 0.4) is 0 Å². The number of hydrogen-bond acceptors (Lipinski definition) is 6. The zero-order valence-corrected chi connectivity index (χ0v) is 14.2. The lowest BCUT2D eigenvalue weighted by atomic mass is 9.80. The SMILES string of the molecule is CCC(=O)C(C)(C)COCC(C)(C)C1OC(O)CC(O)C1O. The summed E-state index contributed by atoms with van der Waals surface area (Å²) in [5.74, 6) is 0.130. The van der Waals surface area contributed by atoms with Gasteiger partial charge in [0.2, 0.25) is 0 Å². The van der Waals surface area contributed by atoms with Crippen molar-refractivity contribution in [1.82, 2.24) is 0 Å². The summed E-state index contributed by atoms with van der Waals surface area (Å²) in [5, 5.41) is 29.5. The van der Waals surface area contributed by atoms with Crippen molar-refractivity contribution in [3.63, 3.8) is 0 Å². The van der Waals surface area contributed by atoms with Crippen molar-refractivity contribution in [3.8, 4) is 0 Å². The molecular formula is C16H30O6. The minimum absolute atomic E-state index is 0.00730. The van der Waals surface area contributed by atoms with Crippen molar-refractivity contribution in [3.05, 3.63) is 0 Å². The Kier molecular flexibility index (Phi) is 6.53. The predicted octanol–water partition coefficient (Wildman–Crippen LogP) is 0.864. The number of aliphatic hydroxyl groups is 3. The lowest BCUT2D eigenvalue weighted by Crippen LogP contribution is -2.55. The largest absolute Gasteiger partial charge is 0.390 e. The van der Waals surface area contributed by atoms with Gasteiger partial charge >= 0.3 is 0 Å². The van der Waals surface area contributed by atoms with Gasteiger partial charge in [-0.3, -0.25) is 4.79 Å². The van der Waals surface area contributed by atoms with E-state index in [2.05, 4.69) is 0 Å². The van der Waals surface area contributed by atoms with Gasteiger partial charge in [-0.2, -0.15) is 0 Å². The molecule has 0 spiro atoms. The molecule has 0 aromatic rings. The highest BCUT2D eigenvalue weighted by atomic mass is 16.6. The van der Waals surface area contributed by atoms with E-state index in [0.717, 1.165) is 0 Å². The molecule has 1 fully saturated rings. The molecule has 4 unspecified atom stereocenters. The Labute approximate surface area is 132 Å². The molecule has 6 heteroatoms. The van der Waals surface area contributed by atoms with Gasteiger partial charge in [0, 0.05) is 23.7 Å². The number of Topliss-reactive ketones (excluding diaryl/α,β-unsaturated/α-hetero) is 1. The molecule has 6 nitrogen and oxygen atoms in total. The van der Waals surface area contributed by atoms with Gasteiger partial charge in [-0.15, -0.1) is 0 Å². The van der Waals surface area contributed by atoms with Crippen LogP contribution in [0.2, 0.25) is 0 Å². The molecule has 1 aliphatic heterocycles. The zero-order valence-electron chi connectivity index (χ0n) is 14.2. The summed E-state index contributed by atoms with van der Waals surface area (Å²) in [7, 11) is 0. The highest BCUT2D eigenvalue weighted by Crippen LogP contribution is 2.33. The molecule has 1 rings (SSSR count). The van der Waals surface area contributed by atoms with Crippen LogP contribution in [0.1, 0.15) is 47.5 Å². The average Bonchev–Trinajstić information content (AvgIpc) is 2.41. The second-order valence-corrected chi connectivity index (χ2v) is 7.45. The van der Waals surface area contributed by atoms with Gasteiger partial charge in [-0.25, -0.2) is 0 Å². The van der Waals surface area contributed by atoms with Crippen LogP contribution in [0.4, 0.5) is 0 Å². The Bertz CT molecular complexity index is 379. The lowest BCUT2D eigenvalue weighted by molar-refractivity contribution is -0.263. The predicted molar refractivity (Wildman–Crippen MR) is 81.2 cm³/mol. The van der Waals surface area contributed by atoms with Gasteiger partial charge in [0.15, 0.2) is 6.29 Å². The number of rotatable bonds is 7. The van der Waals surface area contributed by atoms with Gasteiger partial charge in [0.05, 0.1) is 25.4 Å². The van der Waals surface area contributed by atoms with Crippen molar-refractivity contribution >= 4 is 5.78 Å². The molecule has 130 valence electrons. The molecule has 0 radical (unpaired) electrons. The molecule has 0 aromatic carbocycles. The molecule has 0 saturated carbocycles. The Morgan fingerprint density at radius 2 is 1.77 bits per heavy atom. The van der Waals surface area contributed by atoms with Crippen LogP contribution < -0.4 is 0 Å². The molecule has 1 aliphatic rings. The Balaban J connectivity index is 2.61. The van der Waals surface area contributed by atoms with E-state index in [1.165, 1.54) is 0 Å². The number of carbonyl (C=O) groups excluding carboxylic acids is 1. The molecule has 0 aliphatic carbocycles. The van der Waals surface area contributed by atoms with Crippen molar-refractivity contribution < 1.29 is 29.6 Å². The molecule has 4 atom stereocenters. The molecular weight excluding hydrogens is 288 g/mol. The van der Waals surface area contributed by atoms with Crippen LogP contribution in [-0.4, -0.2) is 58.9 Å². The number of carbonyl (C=O) groups is 1. The van der Waals surface area contributed by atoms with E-state index in [0.29, 0.717) is 6.42 Å². The van der Waals surface area contributed by atoms with Crippen LogP contribution >= 0.6 is 0 Å². The third kappa shape index (κ3) is 4.73. The van der Waals surface area contributed by atoms with E-state index in [9.17, 15) is 20.1 Å². The Hall–Kier alpha value is -0.530. The normalized spacial score (nSPS) is 30.4. The van der Waals surface area contributed by atoms with E-state index in [1.807, 2.05) is 34.6 Å². The monoisotopic (exact) mass is 318 g/mol. The topological polar surface area (TPSA) is 96.2 Å². The fraction of sp³-hybridized carbons (Fsp3) is 0.938. The second-order valence-electron chi connectivity index (χ2n) is 7.45. The Morgan fingerprint density at radius 3 is 2.32 bits per heavy atom. The summed E-state index contributed by atoms with van der Waals surface area (Å²) in [6.45, 7) is 9.69. The second kappa shape index (κ2) is 7.36. The number of hydrogen-bond donors (Lipinski definition) is 3. The number of ether oxygens (including phenoxy) is 2. The Morgan fingerprint density at radius 1 is 1.18 bits per heavy atom. The summed E-state index contributed by atoms with van der Waals surface area (Å²) in [6, 6.07) is 0. The van der Waals surface area contributed by atoms with E-state index in [4.69, 9.17) is 9.47 Å². The van der Waals surface area contributed by atoms with E-state index >= 15 is 0 Å². The van der Waals surface area contributed by atoms with Gasteiger partial charge < -0.3 is 24.8 Å². The summed E-state index contributed by atoms with van der Waals surface area (Å²) >= 11 is 0. The van der Waals surface area contributed by atoms with E-state index in [-0.39, 0.29) is 25.4 Å². The molecule has 3 N–H and O–H groups in total. The average molecular weight is 318 g/mol. The van der Waals surface area contributed by atoms with Crippen molar-refractivity contribution in [2.75, 3.05) is 13.2 Å². The third-order valence-corrected chi connectivity index (χ3v) is 4.23. The molecule has 22 heavy (non-hydrogen) atoms. The van der Waals surface area contributed by atoms with Crippen molar-refractivity contribution in [2.45, 2.75) is 72.1 Å². The zero-order chi connectivity index (χ0) is 17.1. The fourth-order valence-corrected chi connectivity index (χ4v) is 2.71. The third-order valence-electron chi connectivity index (χ3n) is 4.23. The minimum Gasteiger partial charge on any atom is -0.390 e. The summed E-state index contributed by atoms with van der Waals surface area (Å²) in [4.78, 5) is 11.8. The maximum atomic E-state index is 11.8. The quantitative estimate of drug-likeness (QED) is 0.644. The van der Waals surface area contributed by atoms with E-state index in [1.54, 1.807) is 0 Å². The van der Waals surface area contributed by atoms with Gasteiger partial charge in [0.1, 0.15) is 11.9 Å². The van der Waals surface area contributed by atoms with Crippen LogP contribution in [0, 0.1) is 10.8 Å². The van der Waals surface area contributed by atoms with Crippen LogP contribution in [0.15, 0.2) is 0 Å². The summed E-state index contributed by atoms with van der Waals surface area (Å²) < 4.78 is 11.1. The van der Waals surface area contributed by atoms with Crippen LogP contribution in [-0.2, 0) is 14.3 Å². The van der Waals surface area contributed by atoms with Crippen LogP contribution in [0.5, 0.6) is 0 Å².